The fraction of sp³-hybridized carbons (Fsp3) is 0.133. The van der Waals surface area contributed by atoms with Gasteiger partial charge in [-0.15, -0.1) is 0 Å². The molecule has 0 bridgehead atoms. The van der Waals surface area contributed by atoms with Crippen molar-refractivity contribution in [3.05, 3.63) is 58.1 Å². The number of aldehydes is 1. The van der Waals surface area contributed by atoms with Crippen LogP contribution < -0.4 is 10.2 Å². The Balaban J connectivity index is 2.33. The number of nitro benzene ring substituents is 1. The van der Waals surface area contributed by atoms with E-state index in [2.05, 4.69) is 5.32 Å². The Kier molecular flexibility index (Phi) is 4.18. The first-order valence-electron chi connectivity index (χ1n) is 6.29. The van der Waals surface area contributed by atoms with Crippen molar-refractivity contribution in [1.29, 1.82) is 0 Å². The van der Waals surface area contributed by atoms with Crippen LogP contribution in [0.15, 0.2) is 42.5 Å². The lowest BCUT2D eigenvalue weighted by Gasteiger charge is -2.15. The Labute approximate surface area is 122 Å². The van der Waals surface area contributed by atoms with Crippen molar-refractivity contribution < 1.29 is 9.72 Å². The standard InChI is InChI=1S/C15H15N3O3/c1-17(2)13-5-3-4-12(9-13)16-15-7-6-14(18(20)21)8-11(15)10-19/h3-10,16H,1-2H3. The van der Waals surface area contributed by atoms with E-state index < -0.39 is 4.92 Å². The first-order chi connectivity index (χ1) is 10.0. The molecule has 108 valence electrons. The lowest BCUT2D eigenvalue weighted by Crippen LogP contribution is -2.08. The van der Waals surface area contributed by atoms with Crippen LogP contribution in [0, 0.1) is 10.1 Å². The Hall–Kier alpha value is -2.89. The molecule has 2 aromatic rings. The Morgan fingerprint density at radius 2 is 1.95 bits per heavy atom. The molecule has 0 radical (unpaired) electrons. The van der Waals surface area contributed by atoms with E-state index in [1.165, 1.54) is 18.2 Å². The van der Waals surface area contributed by atoms with Crippen LogP contribution in [0.1, 0.15) is 10.4 Å². The van der Waals surface area contributed by atoms with Crippen LogP contribution in [0.4, 0.5) is 22.7 Å². The minimum Gasteiger partial charge on any atom is -0.378 e. The van der Waals surface area contributed by atoms with Crippen LogP contribution in [0.25, 0.3) is 0 Å². The van der Waals surface area contributed by atoms with Crippen molar-refractivity contribution in [2.75, 3.05) is 24.3 Å². The molecule has 0 fully saturated rings. The fourth-order valence-electron chi connectivity index (χ4n) is 1.89. The van der Waals surface area contributed by atoms with E-state index in [1.807, 2.05) is 43.3 Å². The number of non-ortho nitro benzene ring substituents is 1. The molecule has 0 heterocycles. The molecule has 0 atom stereocenters. The smallest absolute Gasteiger partial charge is 0.270 e. The molecule has 0 saturated heterocycles. The molecule has 0 unspecified atom stereocenters. The van der Waals surface area contributed by atoms with Crippen molar-refractivity contribution in [2.45, 2.75) is 0 Å². The summed E-state index contributed by atoms with van der Waals surface area (Å²) in [7, 11) is 3.86. The Bertz CT molecular complexity index is 684. The predicted molar refractivity (Wildman–Crippen MR) is 82.5 cm³/mol. The number of carbonyl (C=O) groups is 1. The molecule has 0 spiro atoms. The summed E-state index contributed by atoms with van der Waals surface area (Å²) in [5.41, 5.74) is 2.49. The number of hydrogen-bond donors (Lipinski definition) is 1. The van der Waals surface area contributed by atoms with Gasteiger partial charge in [0.15, 0.2) is 6.29 Å². The van der Waals surface area contributed by atoms with Gasteiger partial charge in [-0.2, -0.15) is 0 Å². The minimum atomic E-state index is -0.524. The van der Waals surface area contributed by atoms with Gasteiger partial charge in [-0.25, -0.2) is 0 Å². The summed E-state index contributed by atoms with van der Waals surface area (Å²) in [6.07, 6.45) is 0.602. The highest BCUT2D eigenvalue weighted by Crippen LogP contribution is 2.26. The highest BCUT2D eigenvalue weighted by molar-refractivity contribution is 5.87. The SMILES string of the molecule is CN(C)c1cccc(Nc2ccc([N+](=O)[O-])cc2C=O)c1. The highest BCUT2D eigenvalue weighted by atomic mass is 16.6. The zero-order valence-electron chi connectivity index (χ0n) is 11.7. The van der Waals surface area contributed by atoms with Gasteiger partial charge in [-0.1, -0.05) is 6.07 Å². The lowest BCUT2D eigenvalue weighted by molar-refractivity contribution is -0.384. The summed E-state index contributed by atoms with van der Waals surface area (Å²) in [6.45, 7) is 0. The first-order valence-corrected chi connectivity index (χ1v) is 6.29. The van der Waals surface area contributed by atoms with E-state index in [4.69, 9.17) is 0 Å². The molecular formula is C15H15N3O3. The van der Waals surface area contributed by atoms with Gasteiger partial charge in [0.25, 0.3) is 5.69 Å². The monoisotopic (exact) mass is 285 g/mol. The first kappa shape index (κ1) is 14.5. The maximum Gasteiger partial charge on any atom is 0.270 e. The van der Waals surface area contributed by atoms with Crippen molar-refractivity contribution >= 4 is 29.0 Å². The zero-order chi connectivity index (χ0) is 15.4. The number of carbonyl (C=O) groups excluding carboxylic acids is 1. The van der Waals surface area contributed by atoms with Gasteiger partial charge in [0.1, 0.15) is 0 Å². The number of rotatable bonds is 5. The third kappa shape index (κ3) is 3.36. The summed E-state index contributed by atoms with van der Waals surface area (Å²) in [6, 6.07) is 11.8. The van der Waals surface area contributed by atoms with E-state index in [-0.39, 0.29) is 11.3 Å². The molecule has 0 amide bonds. The summed E-state index contributed by atoms with van der Waals surface area (Å²) in [5.74, 6) is 0. The summed E-state index contributed by atoms with van der Waals surface area (Å²) < 4.78 is 0. The quantitative estimate of drug-likeness (QED) is 0.518. The van der Waals surface area contributed by atoms with Gasteiger partial charge in [0, 0.05) is 48.9 Å². The number of benzene rings is 2. The molecule has 2 aromatic carbocycles. The third-order valence-electron chi connectivity index (χ3n) is 3.01. The lowest BCUT2D eigenvalue weighted by atomic mass is 10.1. The number of hydrogen-bond acceptors (Lipinski definition) is 5. The fourth-order valence-corrected chi connectivity index (χ4v) is 1.89. The number of nitro groups is 1. The second-order valence-electron chi connectivity index (χ2n) is 4.72. The number of nitrogens with one attached hydrogen (secondary N) is 1. The average Bonchev–Trinajstić information content (AvgIpc) is 2.47. The zero-order valence-corrected chi connectivity index (χ0v) is 11.7. The molecule has 21 heavy (non-hydrogen) atoms. The molecule has 6 nitrogen and oxygen atoms in total. The molecule has 2 rings (SSSR count). The number of nitrogens with zero attached hydrogens (tertiary/aromatic N) is 2. The second-order valence-corrected chi connectivity index (χ2v) is 4.72. The van der Waals surface area contributed by atoms with Crippen LogP contribution >= 0.6 is 0 Å². The summed E-state index contributed by atoms with van der Waals surface area (Å²) in [4.78, 5) is 23.3. The molecule has 0 aliphatic rings. The third-order valence-corrected chi connectivity index (χ3v) is 3.01. The van der Waals surface area contributed by atoms with Gasteiger partial charge in [0.05, 0.1) is 4.92 Å². The van der Waals surface area contributed by atoms with Crippen LogP contribution in [0.3, 0.4) is 0 Å². The van der Waals surface area contributed by atoms with Gasteiger partial charge < -0.3 is 10.2 Å². The molecule has 0 aliphatic heterocycles. The van der Waals surface area contributed by atoms with Gasteiger partial charge in [0.2, 0.25) is 0 Å². The largest absolute Gasteiger partial charge is 0.378 e. The van der Waals surface area contributed by atoms with Gasteiger partial charge in [-0.3, -0.25) is 14.9 Å². The number of anilines is 3. The maximum atomic E-state index is 11.1. The van der Waals surface area contributed by atoms with Crippen LogP contribution in [-0.4, -0.2) is 25.3 Å². The van der Waals surface area contributed by atoms with Crippen molar-refractivity contribution in [2.24, 2.45) is 0 Å². The van der Waals surface area contributed by atoms with Crippen molar-refractivity contribution in [1.82, 2.24) is 0 Å². The molecule has 6 heteroatoms. The Morgan fingerprint density at radius 3 is 2.57 bits per heavy atom. The normalized spacial score (nSPS) is 10.0. The molecule has 1 N–H and O–H groups in total. The van der Waals surface area contributed by atoms with E-state index in [0.717, 1.165) is 11.4 Å². The van der Waals surface area contributed by atoms with Crippen molar-refractivity contribution in [3.63, 3.8) is 0 Å². The Morgan fingerprint density at radius 1 is 1.19 bits per heavy atom. The minimum absolute atomic E-state index is 0.107. The van der Waals surface area contributed by atoms with E-state index in [9.17, 15) is 14.9 Å². The topological polar surface area (TPSA) is 75.5 Å². The summed E-state index contributed by atoms with van der Waals surface area (Å²) in [5, 5.41) is 13.8. The summed E-state index contributed by atoms with van der Waals surface area (Å²) >= 11 is 0. The van der Waals surface area contributed by atoms with Crippen LogP contribution in [0.5, 0.6) is 0 Å². The highest BCUT2D eigenvalue weighted by Gasteiger charge is 2.10. The second kappa shape index (κ2) is 6.04. The van der Waals surface area contributed by atoms with Crippen molar-refractivity contribution in [3.8, 4) is 0 Å². The van der Waals surface area contributed by atoms with E-state index in [0.29, 0.717) is 12.0 Å². The molecule has 0 saturated carbocycles. The molecule has 0 aliphatic carbocycles. The van der Waals surface area contributed by atoms with E-state index >= 15 is 0 Å². The van der Waals surface area contributed by atoms with E-state index in [1.54, 1.807) is 0 Å². The predicted octanol–water partition coefficient (Wildman–Crippen LogP) is 3.22. The average molecular weight is 285 g/mol. The maximum absolute atomic E-state index is 11.1. The molecular weight excluding hydrogens is 270 g/mol. The van der Waals surface area contributed by atoms with Gasteiger partial charge in [-0.05, 0) is 24.3 Å². The van der Waals surface area contributed by atoms with Crippen LogP contribution in [-0.2, 0) is 0 Å². The van der Waals surface area contributed by atoms with Crippen LogP contribution in [0.2, 0.25) is 0 Å². The van der Waals surface area contributed by atoms with Gasteiger partial charge >= 0.3 is 0 Å². The molecule has 0 aromatic heterocycles.